The smallest absolute Gasteiger partial charge is 0.269 e. The fourth-order valence-electron chi connectivity index (χ4n) is 4.31. The molecule has 2 atom stereocenters. The first-order valence-corrected chi connectivity index (χ1v) is 14.1. The van der Waals surface area contributed by atoms with Crippen LogP contribution in [-0.4, -0.2) is 42.8 Å². The second kappa shape index (κ2) is 11.0. The summed E-state index contributed by atoms with van der Waals surface area (Å²) in [5, 5.41) is 6.96. The standard InChI is InChI=1S/C26H27Cl2FN4O4S/c1-5-32-14-24(26(28)31-32)38(35,36)33-13-23(16(3)30-17(4)34)37-22-10-9-18(12-21(22)33)11-15(2)25-19(27)7-6-8-20(25)29/h6-12,14,16,23H,5,13H2,1-4H3,(H,30,34)/b15-11+/t16-,23?/m1/s1. The first-order valence-electron chi connectivity index (χ1n) is 11.9. The van der Waals surface area contributed by atoms with Crippen molar-refractivity contribution in [2.75, 3.05) is 10.8 Å². The third kappa shape index (κ3) is 5.52. The van der Waals surface area contributed by atoms with Crippen molar-refractivity contribution in [3.8, 4) is 5.75 Å². The van der Waals surface area contributed by atoms with Gasteiger partial charge in [-0.3, -0.25) is 13.8 Å². The summed E-state index contributed by atoms with van der Waals surface area (Å²) < 4.78 is 51.0. The number of benzene rings is 2. The first kappa shape index (κ1) is 27.9. The summed E-state index contributed by atoms with van der Waals surface area (Å²) in [6.45, 7) is 7.00. The van der Waals surface area contributed by atoms with Crippen LogP contribution in [0.15, 0.2) is 47.5 Å². The van der Waals surface area contributed by atoms with Gasteiger partial charge in [0.1, 0.15) is 22.6 Å². The molecule has 2 aromatic carbocycles. The van der Waals surface area contributed by atoms with E-state index >= 15 is 0 Å². The van der Waals surface area contributed by atoms with Crippen molar-refractivity contribution in [2.24, 2.45) is 0 Å². The normalized spacial score (nSPS) is 16.6. The van der Waals surface area contributed by atoms with Gasteiger partial charge in [0.25, 0.3) is 10.0 Å². The zero-order chi connectivity index (χ0) is 27.8. The average molecular weight is 581 g/mol. The van der Waals surface area contributed by atoms with Gasteiger partial charge in [0.15, 0.2) is 5.15 Å². The zero-order valence-corrected chi connectivity index (χ0v) is 23.5. The number of allylic oxidation sites excluding steroid dienone is 1. The van der Waals surface area contributed by atoms with Gasteiger partial charge >= 0.3 is 0 Å². The number of nitrogens with zero attached hydrogens (tertiary/aromatic N) is 3. The van der Waals surface area contributed by atoms with E-state index in [0.717, 1.165) is 0 Å². The van der Waals surface area contributed by atoms with Crippen LogP contribution in [0.5, 0.6) is 5.75 Å². The Kier molecular flexibility index (Phi) is 8.06. The van der Waals surface area contributed by atoms with Crippen molar-refractivity contribution in [1.29, 1.82) is 0 Å². The van der Waals surface area contributed by atoms with E-state index in [1.807, 2.05) is 6.92 Å². The number of ether oxygens (including phenoxy) is 1. The number of hydrogen-bond donors (Lipinski definition) is 1. The number of carbonyl (C=O) groups excluding carboxylic acids is 1. The van der Waals surface area contributed by atoms with Gasteiger partial charge < -0.3 is 10.1 Å². The first-order chi connectivity index (χ1) is 17.9. The fraction of sp³-hybridized carbons (Fsp3) is 0.308. The minimum atomic E-state index is -4.18. The summed E-state index contributed by atoms with van der Waals surface area (Å²) in [6, 6.07) is 8.98. The van der Waals surface area contributed by atoms with Crippen LogP contribution in [0.2, 0.25) is 10.2 Å². The van der Waals surface area contributed by atoms with Gasteiger partial charge in [-0.05, 0) is 56.2 Å². The number of nitrogens with one attached hydrogen (secondary N) is 1. The molecule has 2 heterocycles. The van der Waals surface area contributed by atoms with Crippen LogP contribution in [0.1, 0.15) is 38.8 Å². The van der Waals surface area contributed by atoms with Crippen LogP contribution in [-0.2, 0) is 21.4 Å². The van der Waals surface area contributed by atoms with Crippen molar-refractivity contribution in [3.63, 3.8) is 0 Å². The molecule has 3 aromatic rings. The summed E-state index contributed by atoms with van der Waals surface area (Å²) in [5.74, 6) is -0.426. The molecule has 4 rings (SSSR count). The number of aromatic nitrogens is 2. The number of halogens is 3. The summed E-state index contributed by atoms with van der Waals surface area (Å²) in [7, 11) is -4.18. The molecule has 38 heavy (non-hydrogen) atoms. The topological polar surface area (TPSA) is 93.5 Å². The minimum absolute atomic E-state index is 0.0876. The molecule has 0 fully saturated rings. The number of amides is 1. The van der Waals surface area contributed by atoms with Crippen LogP contribution < -0.4 is 14.4 Å². The number of carbonyl (C=O) groups is 1. The van der Waals surface area contributed by atoms with E-state index in [9.17, 15) is 17.6 Å². The van der Waals surface area contributed by atoms with Crippen molar-refractivity contribution >= 4 is 56.5 Å². The van der Waals surface area contributed by atoms with Crippen LogP contribution in [0.25, 0.3) is 11.6 Å². The molecule has 1 aromatic heterocycles. The highest BCUT2D eigenvalue weighted by Gasteiger charge is 2.39. The maximum absolute atomic E-state index is 14.5. The molecule has 1 aliphatic rings. The Balaban J connectivity index is 1.82. The molecular formula is C26H27Cl2FN4O4S. The number of aryl methyl sites for hydroxylation is 1. The molecule has 12 heteroatoms. The predicted molar refractivity (Wildman–Crippen MR) is 147 cm³/mol. The second-order valence-corrected chi connectivity index (χ2v) is 11.6. The van der Waals surface area contributed by atoms with Crippen molar-refractivity contribution < 1.29 is 22.3 Å². The van der Waals surface area contributed by atoms with Crippen molar-refractivity contribution in [1.82, 2.24) is 15.1 Å². The van der Waals surface area contributed by atoms with Crippen molar-refractivity contribution in [2.45, 2.75) is 51.3 Å². The number of anilines is 1. The SMILES string of the molecule is CCn1cc(S(=O)(=O)N2CC([C@@H](C)NC(C)=O)Oc3ccc(/C=C(\C)c4c(F)cccc4Cl)cc32)c(Cl)n1. The van der Waals surface area contributed by atoms with Crippen molar-refractivity contribution in [3.05, 3.63) is 69.7 Å². The molecule has 1 N–H and O–H groups in total. The Bertz CT molecular complexity index is 1500. The Labute approximate surface area is 231 Å². The summed E-state index contributed by atoms with van der Waals surface area (Å²) in [4.78, 5) is 11.5. The van der Waals surface area contributed by atoms with Crippen LogP contribution in [0.4, 0.5) is 10.1 Å². The van der Waals surface area contributed by atoms with E-state index in [-0.39, 0.29) is 38.8 Å². The third-order valence-electron chi connectivity index (χ3n) is 6.18. The second-order valence-electron chi connectivity index (χ2n) is 8.97. The molecule has 0 saturated carbocycles. The molecular weight excluding hydrogens is 554 g/mol. The lowest BCUT2D eigenvalue weighted by Crippen LogP contribution is -2.52. The van der Waals surface area contributed by atoms with Gasteiger partial charge in [0.2, 0.25) is 5.91 Å². The maximum atomic E-state index is 14.5. The largest absolute Gasteiger partial charge is 0.484 e. The average Bonchev–Trinajstić information content (AvgIpc) is 3.24. The highest BCUT2D eigenvalue weighted by Crippen LogP contribution is 2.40. The quantitative estimate of drug-likeness (QED) is 0.378. The van der Waals surface area contributed by atoms with Crippen LogP contribution in [0.3, 0.4) is 0 Å². The number of sulfonamides is 1. The number of hydrogen-bond acceptors (Lipinski definition) is 5. The van der Waals surface area contributed by atoms with Crippen LogP contribution in [0, 0.1) is 5.82 Å². The lowest BCUT2D eigenvalue weighted by Gasteiger charge is -2.38. The molecule has 1 unspecified atom stereocenters. The number of fused-ring (bicyclic) bond motifs is 1. The molecule has 0 aliphatic carbocycles. The Morgan fingerprint density at radius 2 is 2.03 bits per heavy atom. The Morgan fingerprint density at radius 3 is 2.66 bits per heavy atom. The van der Waals surface area contributed by atoms with E-state index in [4.69, 9.17) is 27.9 Å². The minimum Gasteiger partial charge on any atom is -0.484 e. The third-order valence-corrected chi connectivity index (χ3v) is 8.67. The van der Waals surface area contributed by atoms with Gasteiger partial charge in [0.05, 0.1) is 23.3 Å². The maximum Gasteiger partial charge on any atom is 0.269 e. The van der Waals surface area contributed by atoms with E-state index < -0.39 is 28.0 Å². The lowest BCUT2D eigenvalue weighted by atomic mass is 10.0. The van der Waals surface area contributed by atoms with E-state index in [1.165, 1.54) is 34.2 Å². The van der Waals surface area contributed by atoms with E-state index in [0.29, 0.717) is 23.4 Å². The monoisotopic (exact) mass is 580 g/mol. The highest BCUT2D eigenvalue weighted by molar-refractivity contribution is 7.93. The lowest BCUT2D eigenvalue weighted by molar-refractivity contribution is -0.120. The Morgan fingerprint density at radius 1 is 1.29 bits per heavy atom. The van der Waals surface area contributed by atoms with Gasteiger partial charge in [0, 0.05) is 25.2 Å². The molecule has 8 nitrogen and oxygen atoms in total. The molecule has 0 bridgehead atoms. The summed E-state index contributed by atoms with van der Waals surface area (Å²) in [5.41, 5.74) is 1.70. The molecule has 1 amide bonds. The molecule has 202 valence electrons. The molecule has 0 radical (unpaired) electrons. The van der Waals surface area contributed by atoms with Gasteiger partial charge in [-0.15, -0.1) is 0 Å². The predicted octanol–water partition coefficient (Wildman–Crippen LogP) is 5.39. The van der Waals surface area contributed by atoms with Gasteiger partial charge in [-0.1, -0.05) is 41.4 Å². The fourth-order valence-corrected chi connectivity index (χ4v) is 6.55. The zero-order valence-electron chi connectivity index (χ0n) is 21.2. The molecule has 1 aliphatic heterocycles. The summed E-state index contributed by atoms with van der Waals surface area (Å²) in [6.07, 6.45) is 2.41. The molecule has 0 spiro atoms. The van der Waals surface area contributed by atoms with Gasteiger partial charge in [-0.25, -0.2) is 12.8 Å². The van der Waals surface area contributed by atoms with Crippen LogP contribution >= 0.6 is 23.2 Å². The summed E-state index contributed by atoms with van der Waals surface area (Å²) >= 11 is 12.5. The van der Waals surface area contributed by atoms with E-state index in [1.54, 1.807) is 44.2 Å². The highest BCUT2D eigenvalue weighted by atomic mass is 35.5. The Hall–Kier alpha value is -3.08. The van der Waals surface area contributed by atoms with Gasteiger partial charge in [-0.2, -0.15) is 5.10 Å². The van der Waals surface area contributed by atoms with E-state index in [2.05, 4.69) is 10.4 Å². The molecule has 0 saturated heterocycles. The number of rotatable bonds is 7.